The molecule has 0 heterocycles. The molecule has 1 atom stereocenters. The van der Waals surface area contributed by atoms with Crippen LogP contribution in [0.4, 0.5) is 4.39 Å². The monoisotopic (exact) mass is 496 g/mol. The molecule has 0 spiro atoms. The van der Waals surface area contributed by atoms with Gasteiger partial charge in [0.05, 0.1) is 5.02 Å². The van der Waals surface area contributed by atoms with Crippen molar-refractivity contribution in [2.24, 2.45) is 5.92 Å². The Labute approximate surface area is 210 Å². The molecule has 5 nitrogen and oxygen atoms in total. The van der Waals surface area contributed by atoms with Crippen LogP contribution in [0.1, 0.15) is 25.0 Å². The van der Waals surface area contributed by atoms with Crippen molar-refractivity contribution in [3.05, 3.63) is 101 Å². The lowest BCUT2D eigenvalue weighted by molar-refractivity contribution is -0.142. The Morgan fingerprint density at radius 2 is 1.63 bits per heavy atom. The molecule has 0 aliphatic rings. The van der Waals surface area contributed by atoms with E-state index >= 15 is 0 Å². The molecule has 35 heavy (non-hydrogen) atoms. The first kappa shape index (κ1) is 26.2. The number of carbonyl (C=O) groups is 2. The molecule has 0 aliphatic carbocycles. The standard InChI is InChI=1S/C28H30ClFN2O3/c1-20(2)17-31-28(34)25(16-21-10-4-3-5-11-21)32(18-22-12-6-8-14-24(22)30)27(33)19-35-26-15-9-7-13-23(26)29/h3-15,20,25H,16-19H2,1-2H3,(H,31,34)/t25-/m1/s1. The topological polar surface area (TPSA) is 58.6 Å². The summed E-state index contributed by atoms with van der Waals surface area (Å²) in [5, 5.41) is 3.30. The third-order valence-electron chi connectivity index (χ3n) is 5.44. The van der Waals surface area contributed by atoms with Gasteiger partial charge in [-0.3, -0.25) is 9.59 Å². The number of rotatable bonds is 11. The van der Waals surface area contributed by atoms with Crippen LogP contribution in [-0.2, 0) is 22.6 Å². The summed E-state index contributed by atoms with van der Waals surface area (Å²) < 4.78 is 20.3. The Balaban J connectivity index is 1.92. The van der Waals surface area contributed by atoms with E-state index in [0.717, 1.165) is 5.56 Å². The number of ether oxygens (including phenoxy) is 1. The van der Waals surface area contributed by atoms with Crippen LogP contribution < -0.4 is 10.1 Å². The van der Waals surface area contributed by atoms with Gasteiger partial charge in [-0.25, -0.2) is 4.39 Å². The van der Waals surface area contributed by atoms with Crippen molar-refractivity contribution in [2.75, 3.05) is 13.2 Å². The van der Waals surface area contributed by atoms with E-state index in [2.05, 4.69) is 5.32 Å². The van der Waals surface area contributed by atoms with Crippen LogP contribution in [-0.4, -0.2) is 35.9 Å². The first-order valence-electron chi connectivity index (χ1n) is 11.6. The third-order valence-corrected chi connectivity index (χ3v) is 5.75. The molecule has 184 valence electrons. The van der Waals surface area contributed by atoms with Crippen molar-refractivity contribution in [3.8, 4) is 5.75 Å². The van der Waals surface area contributed by atoms with Crippen molar-refractivity contribution >= 4 is 23.4 Å². The van der Waals surface area contributed by atoms with Gasteiger partial charge in [0.15, 0.2) is 6.61 Å². The summed E-state index contributed by atoms with van der Waals surface area (Å²) in [6.45, 7) is 4.02. The predicted octanol–water partition coefficient (Wildman–Crippen LogP) is 5.27. The van der Waals surface area contributed by atoms with Crippen LogP contribution in [0.2, 0.25) is 5.02 Å². The Morgan fingerprint density at radius 3 is 2.31 bits per heavy atom. The summed E-state index contributed by atoms with van der Waals surface area (Å²) in [7, 11) is 0. The highest BCUT2D eigenvalue weighted by Crippen LogP contribution is 2.24. The fraction of sp³-hybridized carbons (Fsp3) is 0.286. The van der Waals surface area contributed by atoms with Crippen LogP contribution in [0.3, 0.4) is 0 Å². The smallest absolute Gasteiger partial charge is 0.261 e. The number of carbonyl (C=O) groups excluding carboxylic acids is 2. The van der Waals surface area contributed by atoms with E-state index < -0.39 is 17.8 Å². The van der Waals surface area contributed by atoms with E-state index in [1.807, 2.05) is 44.2 Å². The summed E-state index contributed by atoms with van der Waals surface area (Å²) >= 11 is 6.17. The largest absolute Gasteiger partial charge is 0.482 e. The highest BCUT2D eigenvalue weighted by molar-refractivity contribution is 6.32. The van der Waals surface area contributed by atoms with Gasteiger partial charge < -0.3 is 15.0 Å². The number of benzene rings is 3. The molecule has 0 fully saturated rings. The maximum atomic E-state index is 14.6. The molecule has 1 N–H and O–H groups in total. The molecule has 3 aromatic carbocycles. The number of nitrogens with one attached hydrogen (secondary N) is 1. The lowest BCUT2D eigenvalue weighted by atomic mass is 10.0. The summed E-state index contributed by atoms with van der Waals surface area (Å²) in [5.74, 6) is -0.606. The zero-order chi connectivity index (χ0) is 25.2. The number of para-hydroxylation sites is 1. The number of amides is 2. The molecule has 7 heteroatoms. The average Bonchev–Trinajstić information content (AvgIpc) is 2.85. The van der Waals surface area contributed by atoms with E-state index in [1.165, 1.54) is 11.0 Å². The quantitative estimate of drug-likeness (QED) is 0.393. The third kappa shape index (κ3) is 7.82. The molecular weight excluding hydrogens is 467 g/mol. The summed E-state index contributed by atoms with van der Waals surface area (Å²) in [6, 6.07) is 21.6. The molecule has 0 unspecified atom stereocenters. The van der Waals surface area contributed by atoms with Gasteiger partial charge in [0.2, 0.25) is 5.91 Å². The number of hydrogen-bond donors (Lipinski definition) is 1. The van der Waals surface area contributed by atoms with Gasteiger partial charge in [-0.05, 0) is 29.7 Å². The molecular formula is C28H30ClFN2O3. The highest BCUT2D eigenvalue weighted by Gasteiger charge is 2.31. The first-order valence-corrected chi connectivity index (χ1v) is 11.9. The maximum absolute atomic E-state index is 14.6. The van der Waals surface area contributed by atoms with E-state index in [9.17, 15) is 14.0 Å². The van der Waals surface area contributed by atoms with Crippen LogP contribution in [0.15, 0.2) is 78.9 Å². The van der Waals surface area contributed by atoms with Crippen molar-refractivity contribution in [2.45, 2.75) is 32.9 Å². The Bertz CT molecular complexity index is 1120. The minimum atomic E-state index is -0.863. The van der Waals surface area contributed by atoms with Crippen LogP contribution in [0, 0.1) is 11.7 Å². The summed E-state index contributed by atoms with van der Waals surface area (Å²) in [6.07, 6.45) is 0.275. The predicted molar refractivity (Wildman–Crippen MR) is 136 cm³/mol. The molecule has 0 bridgehead atoms. The Hall–Kier alpha value is -3.38. The highest BCUT2D eigenvalue weighted by atomic mass is 35.5. The number of halogens is 2. The zero-order valence-corrected chi connectivity index (χ0v) is 20.7. The summed E-state index contributed by atoms with van der Waals surface area (Å²) in [5.41, 5.74) is 1.20. The van der Waals surface area contributed by atoms with Crippen LogP contribution in [0.25, 0.3) is 0 Å². The van der Waals surface area contributed by atoms with Crippen molar-refractivity contribution in [1.29, 1.82) is 0 Å². The second kappa shape index (κ2) is 12.9. The van der Waals surface area contributed by atoms with Gasteiger partial charge in [-0.2, -0.15) is 0 Å². The van der Waals surface area contributed by atoms with Crippen molar-refractivity contribution in [3.63, 3.8) is 0 Å². The lowest BCUT2D eigenvalue weighted by Gasteiger charge is -2.31. The zero-order valence-electron chi connectivity index (χ0n) is 19.9. The molecule has 0 aromatic heterocycles. The summed E-state index contributed by atoms with van der Waals surface area (Å²) in [4.78, 5) is 28.2. The van der Waals surface area contributed by atoms with E-state index in [1.54, 1.807) is 42.5 Å². The van der Waals surface area contributed by atoms with Gasteiger partial charge in [0.1, 0.15) is 17.6 Å². The fourth-order valence-corrected chi connectivity index (χ4v) is 3.76. The van der Waals surface area contributed by atoms with E-state index in [-0.39, 0.29) is 31.4 Å². The second-order valence-electron chi connectivity index (χ2n) is 8.68. The fourth-order valence-electron chi connectivity index (χ4n) is 3.57. The molecule has 2 amide bonds. The Kier molecular flexibility index (Phi) is 9.67. The minimum Gasteiger partial charge on any atom is -0.482 e. The van der Waals surface area contributed by atoms with Gasteiger partial charge >= 0.3 is 0 Å². The second-order valence-corrected chi connectivity index (χ2v) is 9.08. The molecule has 0 aliphatic heterocycles. The number of hydrogen-bond acceptors (Lipinski definition) is 3. The molecule has 3 rings (SSSR count). The van der Waals surface area contributed by atoms with Gasteiger partial charge in [-0.1, -0.05) is 86.1 Å². The van der Waals surface area contributed by atoms with Crippen molar-refractivity contribution < 1.29 is 18.7 Å². The van der Waals surface area contributed by atoms with Crippen molar-refractivity contribution in [1.82, 2.24) is 10.2 Å². The molecule has 0 saturated carbocycles. The van der Waals surface area contributed by atoms with Crippen LogP contribution in [0.5, 0.6) is 5.75 Å². The number of nitrogens with zero attached hydrogens (tertiary/aromatic N) is 1. The average molecular weight is 497 g/mol. The van der Waals surface area contributed by atoms with Gasteiger partial charge in [-0.15, -0.1) is 0 Å². The normalized spacial score (nSPS) is 11.7. The molecule has 0 radical (unpaired) electrons. The SMILES string of the molecule is CC(C)CNC(=O)[C@@H](Cc1ccccc1)N(Cc1ccccc1F)C(=O)COc1ccccc1Cl. The van der Waals surface area contributed by atoms with Crippen LogP contribution >= 0.6 is 11.6 Å². The minimum absolute atomic E-state index is 0.0794. The first-order chi connectivity index (χ1) is 16.8. The van der Waals surface area contributed by atoms with E-state index in [4.69, 9.17) is 16.3 Å². The van der Waals surface area contributed by atoms with E-state index in [0.29, 0.717) is 22.9 Å². The van der Waals surface area contributed by atoms with Gasteiger partial charge in [0.25, 0.3) is 5.91 Å². The molecule has 3 aromatic rings. The van der Waals surface area contributed by atoms with Gasteiger partial charge in [0, 0.05) is 25.1 Å². The lowest BCUT2D eigenvalue weighted by Crippen LogP contribution is -2.52. The Morgan fingerprint density at radius 1 is 0.971 bits per heavy atom. The molecule has 0 saturated heterocycles. The maximum Gasteiger partial charge on any atom is 0.261 e.